The van der Waals surface area contributed by atoms with Gasteiger partial charge in [-0.3, -0.25) is 9.69 Å². The van der Waals surface area contributed by atoms with Crippen LogP contribution in [0, 0.1) is 5.92 Å². The SMILES string of the molecule is CCN1CCN(C(=O)[C@@H]2OCC[C@@H]2C)C[C@H]1c1nccn1C. The molecular formula is C16H26N4O2. The molecule has 2 saturated heterocycles. The number of hydrogen-bond acceptors (Lipinski definition) is 4. The minimum atomic E-state index is -0.254. The zero-order valence-electron chi connectivity index (χ0n) is 13.7. The summed E-state index contributed by atoms with van der Waals surface area (Å²) in [6.07, 6.45) is 4.52. The van der Waals surface area contributed by atoms with Crippen LogP contribution in [0.1, 0.15) is 32.1 Å². The van der Waals surface area contributed by atoms with E-state index in [0.29, 0.717) is 19.1 Å². The molecule has 6 heteroatoms. The summed E-state index contributed by atoms with van der Waals surface area (Å²) in [5.74, 6) is 1.50. The van der Waals surface area contributed by atoms with Crippen LogP contribution in [0.2, 0.25) is 0 Å². The first-order chi connectivity index (χ1) is 10.6. The molecule has 0 radical (unpaired) electrons. The van der Waals surface area contributed by atoms with E-state index in [1.807, 2.05) is 24.3 Å². The number of amides is 1. The molecule has 0 spiro atoms. The molecule has 22 heavy (non-hydrogen) atoms. The molecular weight excluding hydrogens is 280 g/mol. The third-order valence-electron chi connectivity index (χ3n) is 5.00. The second kappa shape index (κ2) is 6.38. The Hall–Kier alpha value is -1.40. The van der Waals surface area contributed by atoms with Crippen molar-refractivity contribution in [2.75, 3.05) is 32.8 Å². The highest BCUT2D eigenvalue weighted by Gasteiger charge is 2.38. The maximum atomic E-state index is 12.8. The summed E-state index contributed by atoms with van der Waals surface area (Å²) in [5, 5.41) is 0. The number of nitrogens with zero attached hydrogens (tertiary/aromatic N) is 4. The summed E-state index contributed by atoms with van der Waals surface area (Å²) in [6, 6.07) is 0.166. The Labute approximate surface area is 132 Å². The van der Waals surface area contributed by atoms with Crippen LogP contribution in [0.3, 0.4) is 0 Å². The Kier molecular flexibility index (Phi) is 4.49. The first-order valence-corrected chi connectivity index (χ1v) is 8.23. The average molecular weight is 306 g/mol. The van der Waals surface area contributed by atoms with Gasteiger partial charge in [0.15, 0.2) is 0 Å². The zero-order chi connectivity index (χ0) is 15.7. The van der Waals surface area contributed by atoms with E-state index < -0.39 is 0 Å². The molecule has 0 aromatic carbocycles. The topological polar surface area (TPSA) is 50.6 Å². The van der Waals surface area contributed by atoms with E-state index in [2.05, 4.69) is 28.3 Å². The summed E-state index contributed by atoms with van der Waals surface area (Å²) in [4.78, 5) is 21.6. The van der Waals surface area contributed by atoms with Crippen LogP contribution in [-0.4, -0.2) is 64.1 Å². The lowest BCUT2D eigenvalue weighted by Crippen LogP contribution is -2.53. The molecule has 6 nitrogen and oxygen atoms in total. The number of carbonyl (C=O) groups is 1. The second-order valence-corrected chi connectivity index (χ2v) is 6.38. The highest BCUT2D eigenvalue weighted by Crippen LogP contribution is 2.27. The molecule has 2 fully saturated rings. The van der Waals surface area contributed by atoms with Crippen LogP contribution >= 0.6 is 0 Å². The maximum absolute atomic E-state index is 12.8. The zero-order valence-corrected chi connectivity index (χ0v) is 13.7. The van der Waals surface area contributed by atoms with Gasteiger partial charge in [0.25, 0.3) is 5.91 Å². The summed E-state index contributed by atoms with van der Waals surface area (Å²) < 4.78 is 7.71. The Morgan fingerprint density at radius 2 is 2.27 bits per heavy atom. The maximum Gasteiger partial charge on any atom is 0.252 e. The lowest BCUT2D eigenvalue weighted by molar-refractivity contribution is -0.145. The molecule has 0 aliphatic carbocycles. The predicted molar refractivity (Wildman–Crippen MR) is 83.3 cm³/mol. The van der Waals surface area contributed by atoms with E-state index >= 15 is 0 Å². The van der Waals surface area contributed by atoms with Crippen LogP contribution < -0.4 is 0 Å². The molecule has 122 valence electrons. The van der Waals surface area contributed by atoms with E-state index in [1.165, 1.54) is 0 Å². The number of carbonyl (C=O) groups excluding carboxylic acids is 1. The van der Waals surface area contributed by atoms with Gasteiger partial charge in [-0.05, 0) is 18.9 Å². The first kappa shape index (κ1) is 15.5. The molecule has 1 aromatic rings. The molecule has 2 aliphatic heterocycles. The van der Waals surface area contributed by atoms with E-state index in [0.717, 1.165) is 31.9 Å². The molecule has 2 aliphatic rings. The minimum Gasteiger partial charge on any atom is -0.368 e. The Bertz CT molecular complexity index is 530. The lowest BCUT2D eigenvalue weighted by Gasteiger charge is -2.41. The Balaban J connectivity index is 1.75. The van der Waals surface area contributed by atoms with Gasteiger partial charge >= 0.3 is 0 Å². The number of ether oxygens (including phenoxy) is 1. The van der Waals surface area contributed by atoms with Crippen molar-refractivity contribution in [2.45, 2.75) is 32.4 Å². The van der Waals surface area contributed by atoms with Crippen molar-refractivity contribution in [3.63, 3.8) is 0 Å². The smallest absolute Gasteiger partial charge is 0.252 e. The summed E-state index contributed by atoms with van der Waals surface area (Å²) in [6.45, 7) is 8.31. The van der Waals surface area contributed by atoms with Gasteiger partial charge in [-0.15, -0.1) is 0 Å². The summed E-state index contributed by atoms with van der Waals surface area (Å²) in [5.41, 5.74) is 0. The fourth-order valence-corrected chi connectivity index (χ4v) is 3.53. The van der Waals surface area contributed by atoms with Crippen LogP contribution in [0.4, 0.5) is 0 Å². The minimum absolute atomic E-state index is 0.153. The third kappa shape index (κ3) is 2.77. The van der Waals surface area contributed by atoms with Gasteiger partial charge in [-0.25, -0.2) is 4.98 Å². The van der Waals surface area contributed by atoms with Crippen LogP contribution in [-0.2, 0) is 16.6 Å². The van der Waals surface area contributed by atoms with Crippen molar-refractivity contribution >= 4 is 5.91 Å². The van der Waals surface area contributed by atoms with Crippen LogP contribution in [0.5, 0.6) is 0 Å². The van der Waals surface area contributed by atoms with Gasteiger partial charge in [0.1, 0.15) is 11.9 Å². The molecule has 1 amide bonds. The van der Waals surface area contributed by atoms with Crippen LogP contribution in [0.25, 0.3) is 0 Å². The predicted octanol–water partition coefficient (Wildman–Crippen LogP) is 1.05. The second-order valence-electron chi connectivity index (χ2n) is 6.38. The number of piperazine rings is 1. The van der Waals surface area contributed by atoms with Crippen molar-refractivity contribution in [1.29, 1.82) is 0 Å². The molecule has 0 saturated carbocycles. The number of hydrogen-bond donors (Lipinski definition) is 0. The van der Waals surface area contributed by atoms with Gasteiger partial charge in [0.05, 0.1) is 6.04 Å². The number of rotatable bonds is 3. The number of aryl methyl sites for hydroxylation is 1. The molecule has 0 unspecified atom stereocenters. The highest BCUT2D eigenvalue weighted by atomic mass is 16.5. The molecule has 3 rings (SSSR count). The van der Waals surface area contributed by atoms with E-state index in [-0.39, 0.29) is 18.1 Å². The Morgan fingerprint density at radius 3 is 2.86 bits per heavy atom. The fraction of sp³-hybridized carbons (Fsp3) is 0.750. The Morgan fingerprint density at radius 1 is 1.45 bits per heavy atom. The molecule has 1 aromatic heterocycles. The van der Waals surface area contributed by atoms with Crippen molar-refractivity contribution < 1.29 is 9.53 Å². The lowest BCUT2D eigenvalue weighted by atomic mass is 10.0. The van der Waals surface area contributed by atoms with E-state index in [9.17, 15) is 4.79 Å². The fourth-order valence-electron chi connectivity index (χ4n) is 3.53. The third-order valence-corrected chi connectivity index (χ3v) is 5.00. The van der Waals surface area contributed by atoms with Crippen molar-refractivity contribution in [3.05, 3.63) is 18.2 Å². The number of imidazole rings is 1. The molecule has 3 heterocycles. The van der Waals surface area contributed by atoms with Gasteiger partial charge in [0, 0.05) is 45.7 Å². The number of aromatic nitrogens is 2. The molecule has 3 atom stereocenters. The van der Waals surface area contributed by atoms with Crippen molar-refractivity contribution in [3.8, 4) is 0 Å². The summed E-state index contributed by atoms with van der Waals surface area (Å²) in [7, 11) is 2.01. The average Bonchev–Trinajstić information content (AvgIpc) is 3.14. The highest BCUT2D eigenvalue weighted by molar-refractivity contribution is 5.81. The first-order valence-electron chi connectivity index (χ1n) is 8.23. The summed E-state index contributed by atoms with van der Waals surface area (Å²) >= 11 is 0. The normalized spacial score (nSPS) is 30.0. The van der Waals surface area contributed by atoms with Gasteiger partial charge in [0.2, 0.25) is 0 Å². The van der Waals surface area contributed by atoms with Crippen LogP contribution in [0.15, 0.2) is 12.4 Å². The molecule has 0 bridgehead atoms. The quantitative estimate of drug-likeness (QED) is 0.837. The van der Waals surface area contributed by atoms with E-state index in [1.54, 1.807) is 0 Å². The van der Waals surface area contributed by atoms with Crippen molar-refractivity contribution in [2.24, 2.45) is 13.0 Å². The van der Waals surface area contributed by atoms with Gasteiger partial charge in [-0.1, -0.05) is 13.8 Å². The number of likely N-dealkylation sites (N-methyl/N-ethyl adjacent to an activating group) is 1. The molecule has 0 N–H and O–H groups in total. The monoisotopic (exact) mass is 306 g/mol. The van der Waals surface area contributed by atoms with Crippen molar-refractivity contribution in [1.82, 2.24) is 19.4 Å². The van der Waals surface area contributed by atoms with Gasteiger partial charge in [-0.2, -0.15) is 0 Å². The standard InChI is InChI=1S/C16H26N4O2/c1-4-19-8-9-20(16(21)14-12(2)5-10-22-14)11-13(19)15-17-6-7-18(15)3/h6-7,12-14H,4-5,8-11H2,1-3H3/t12-,13-,14+/m0/s1. The largest absolute Gasteiger partial charge is 0.368 e. The van der Waals surface area contributed by atoms with Gasteiger partial charge < -0.3 is 14.2 Å². The van der Waals surface area contributed by atoms with E-state index in [4.69, 9.17) is 4.74 Å².